The van der Waals surface area contributed by atoms with Crippen LogP contribution in [0.2, 0.25) is 0 Å². The topological polar surface area (TPSA) is 77.3 Å². The number of nitrogens with zero attached hydrogens (tertiary/aromatic N) is 4. The average Bonchev–Trinajstić information content (AvgIpc) is 2.74. The van der Waals surface area contributed by atoms with Gasteiger partial charge in [-0.05, 0) is 12.8 Å². The summed E-state index contributed by atoms with van der Waals surface area (Å²) in [5.41, 5.74) is 0.827. The molecule has 0 radical (unpaired) electrons. The summed E-state index contributed by atoms with van der Waals surface area (Å²) < 4.78 is 6.67. The van der Waals surface area contributed by atoms with Gasteiger partial charge >= 0.3 is 5.97 Å². The zero-order valence-electron chi connectivity index (χ0n) is 12.7. The van der Waals surface area contributed by atoms with Gasteiger partial charge in [0.05, 0.1) is 18.8 Å². The SMILES string of the molecule is Cc1c(C(=O)OCC(C)C)nnn1CCC(=O)N(C)C. The molecule has 1 amide bonds. The summed E-state index contributed by atoms with van der Waals surface area (Å²) in [6.07, 6.45) is 0.317. The van der Waals surface area contributed by atoms with Gasteiger partial charge in [0.15, 0.2) is 5.69 Å². The van der Waals surface area contributed by atoms with E-state index in [0.29, 0.717) is 25.3 Å². The zero-order chi connectivity index (χ0) is 15.3. The Balaban J connectivity index is 2.65. The predicted octanol–water partition coefficient (Wildman–Crippen LogP) is 0.878. The maximum Gasteiger partial charge on any atom is 0.360 e. The Morgan fingerprint density at radius 3 is 2.55 bits per heavy atom. The van der Waals surface area contributed by atoms with Crippen LogP contribution in [0.4, 0.5) is 0 Å². The fraction of sp³-hybridized carbons (Fsp3) is 0.692. The molecule has 0 N–H and O–H groups in total. The van der Waals surface area contributed by atoms with Crippen LogP contribution in [-0.2, 0) is 16.1 Å². The van der Waals surface area contributed by atoms with Gasteiger partial charge in [-0.25, -0.2) is 9.48 Å². The van der Waals surface area contributed by atoms with Crippen molar-refractivity contribution in [1.82, 2.24) is 19.9 Å². The summed E-state index contributed by atoms with van der Waals surface area (Å²) in [5.74, 6) is -0.197. The summed E-state index contributed by atoms with van der Waals surface area (Å²) >= 11 is 0. The molecule has 0 aliphatic carbocycles. The van der Waals surface area contributed by atoms with Crippen molar-refractivity contribution < 1.29 is 14.3 Å². The number of carbonyl (C=O) groups excluding carboxylic acids is 2. The summed E-state index contributed by atoms with van der Waals surface area (Å²) in [7, 11) is 3.40. The highest BCUT2D eigenvalue weighted by Crippen LogP contribution is 2.07. The lowest BCUT2D eigenvalue weighted by Gasteiger charge is -2.10. The van der Waals surface area contributed by atoms with Crippen molar-refractivity contribution in [3.05, 3.63) is 11.4 Å². The van der Waals surface area contributed by atoms with Crippen molar-refractivity contribution in [2.75, 3.05) is 20.7 Å². The van der Waals surface area contributed by atoms with Crippen LogP contribution in [0.3, 0.4) is 0 Å². The van der Waals surface area contributed by atoms with Crippen molar-refractivity contribution in [1.29, 1.82) is 0 Å². The molecule has 0 unspecified atom stereocenters. The van der Waals surface area contributed by atoms with Crippen molar-refractivity contribution in [2.24, 2.45) is 5.92 Å². The molecule has 0 aliphatic rings. The van der Waals surface area contributed by atoms with E-state index in [1.54, 1.807) is 25.7 Å². The monoisotopic (exact) mass is 282 g/mol. The van der Waals surface area contributed by atoms with Crippen LogP contribution < -0.4 is 0 Å². The fourth-order valence-corrected chi connectivity index (χ4v) is 1.50. The normalized spacial score (nSPS) is 10.7. The molecular formula is C13H22N4O3. The van der Waals surface area contributed by atoms with Gasteiger partial charge < -0.3 is 9.64 Å². The number of hydrogen-bond acceptors (Lipinski definition) is 5. The molecule has 0 fully saturated rings. The molecule has 0 bridgehead atoms. The average molecular weight is 282 g/mol. The number of amides is 1. The van der Waals surface area contributed by atoms with Crippen LogP contribution in [0.25, 0.3) is 0 Å². The Kier molecular flexibility index (Phi) is 5.66. The van der Waals surface area contributed by atoms with E-state index in [9.17, 15) is 9.59 Å². The van der Waals surface area contributed by atoms with Crippen LogP contribution in [0.1, 0.15) is 36.5 Å². The van der Waals surface area contributed by atoms with E-state index in [0.717, 1.165) is 0 Å². The molecule has 0 aromatic carbocycles. The molecule has 112 valence electrons. The fourth-order valence-electron chi connectivity index (χ4n) is 1.50. The van der Waals surface area contributed by atoms with Crippen molar-refractivity contribution in [3.8, 4) is 0 Å². The van der Waals surface area contributed by atoms with Crippen LogP contribution >= 0.6 is 0 Å². The largest absolute Gasteiger partial charge is 0.461 e. The molecule has 0 atom stereocenters. The number of aromatic nitrogens is 3. The third kappa shape index (κ3) is 4.32. The van der Waals surface area contributed by atoms with Gasteiger partial charge in [-0.2, -0.15) is 0 Å². The molecule has 1 aromatic rings. The van der Waals surface area contributed by atoms with E-state index in [1.165, 1.54) is 4.90 Å². The lowest BCUT2D eigenvalue weighted by Crippen LogP contribution is -2.23. The Morgan fingerprint density at radius 1 is 1.35 bits per heavy atom. The molecule has 7 nitrogen and oxygen atoms in total. The van der Waals surface area contributed by atoms with Crippen molar-refractivity contribution in [2.45, 2.75) is 33.7 Å². The van der Waals surface area contributed by atoms with E-state index >= 15 is 0 Å². The Bertz CT molecular complexity index is 480. The summed E-state index contributed by atoms with van der Waals surface area (Å²) in [5, 5.41) is 7.72. The number of rotatable bonds is 6. The molecule has 7 heteroatoms. The lowest BCUT2D eigenvalue weighted by molar-refractivity contribution is -0.128. The van der Waals surface area contributed by atoms with Gasteiger partial charge in [-0.3, -0.25) is 4.79 Å². The first-order chi connectivity index (χ1) is 9.32. The second kappa shape index (κ2) is 7.02. The molecule has 1 aromatic heterocycles. The van der Waals surface area contributed by atoms with Crippen molar-refractivity contribution in [3.63, 3.8) is 0 Å². The minimum atomic E-state index is -0.471. The smallest absolute Gasteiger partial charge is 0.360 e. The van der Waals surface area contributed by atoms with Crippen LogP contribution in [-0.4, -0.2) is 52.5 Å². The maximum absolute atomic E-state index is 11.8. The number of hydrogen-bond donors (Lipinski definition) is 0. The highest BCUT2D eigenvalue weighted by atomic mass is 16.5. The number of esters is 1. The second-order valence-corrected chi connectivity index (χ2v) is 5.28. The van der Waals surface area contributed by atoms with E-state index in [1.807, 2.05) is 13.8 Å². The van der Waals surface area contributed by atoms with Gasteiger partial charge in [0.1, 0.15) is 0 Å². The van der Waals surface area contributed by atoms with Gasteiger partial charge in [0, 0.05) is 20.5 Å². The van der Waals surface area contributed by atoms with Crippen molar-refractivity contribution >= 4 is 11.9 Å². The third-order valence-electron chi connectivity index (χ3n) is 2.76. The molecule has 20 heavy (non-hydrogen) atoms. The second-order valence-electron chi connectivity index (χ2n) is 5.28. The van der Waals surface area contributed by atoms with Gasteiger partial charge in [-0.1, -0.05) is 19.1 Å². The maximum atomic E-state index is 11.8. The minimum Gasteiger partial charge on any atom is -0.461 e. The van der Waals surface area contributed by atoms with Crippen LogP contribution in [0.5, 0.6) is 0 Å². The molecule has 0 spiro atoms. The quantitative estimate of drug-likeness (QED) is 0.724. The lowest BCUT2D eigenvalue weighted by atomic mass is 10.2. The van der Waals surface area contributed by atoms with E-state index < -0.39 is 5.97 Å². The Labute approximate surface area is 118 Å². The Hall–Kier alpha value is -1.92. The number of aryl methyl sites for hydroxylation is 1. The van der Waals surface area contributed by atoms with Crippen LogP contribution in [0, 0.1) is 12.8 Å². The summed E-state index contributed by atoms with van der Waals surface area (Å²) in [6.45, 7) is 6.41. The van der Waals surface area contributed by atoms with E-state index in [2.05, 4.69) is 10.3 Å². The molecule has 1 heterocycles. The highest BCUT2D eigenvalue weighted by molar-refractivity contribution is 5.88. The predicted molar refractivity (Wildman–Crippen MR) is 73.2 cm³/mol. The van der Waals surface area contributed by atoms with Crippen LogP contribution in [0.15, 0.2) is 0 Å². The van der Waals surface area contributed by atoms with Gasteiger partial charge in [-0.15, -0.1) is 5.10 Å². The number of ether oxygens (including phenoxy) is 1. The minimum absolute atomic E-state index is 0.00355. The zero-order valence-corrected chi connectivity index (χ0v) is 12.7. The summed E-state index contributed by atoms with van der Waals surface area (Å²) in [4.78, 5) is 24.9. The summed E-state index contributed by atoms with van der Waals surface area (Å²) in [6, 6.07) is 0. The first-order valence-corrected chi connectivity index (χ1v) is 6.60. The highest BCUT2D eigenvalue weighted by Gasteiger charge is 2.18. The molecule has 0 aliphatic heterocycles. The molecule has 1 rings (SSSR count). The van der Waals surface area contributed by atoms with E-state index in [4.69, 9.17) is 4.74 Å². The molecular weight excluding hydrogens is 260 g/mol. The molecule has 0 saturated carbocycles. The van der Waals surface area contributed by atoms with Gasteiger partial charge in [0.2, 0.25) is 5.91 Å². The standard InChI is InChI=1S/C13H22N4O3/c1-9(2)8-20-13(19)12-10(3)17(15-14-12)7-6-11(18)16(4)5/h9H,6-8H2,1-5H3. The first kappa shape index (κ1) is 16.1. The van der Waals surface area contributed by atoms with E-state index in [-0.39, 0.29) is 17.5 Å². The third-order valence-corrected chi connectivity index (χ3v) is 2.76. The Morgan fingerprint density at radius 2 is 2.00 bits per heavy atom. The number of carbonyl (C=O) groups is 2. The van der Waals surface area contributed by atoms with Gasteiger partial charge in [0.25, 0.3) is 0 Å². The molecule has 0 saturated heterocycles. The first-order valence-electron chi connectivity index (χ1n) is 6.60.